The molecule has 0 radical (unpaired) electrons. The van der Waals surface area contributed by atoms with Gasteiger partial charge in [-0.15, -0.1) is 0 Å². The van der Waals surface area contributed by atoms with Crippen LogP contribution in [-0.4, -0.2) is 85.5 Å². The number of nitrogens with zero attached hydrogens (tertiary/aromatic N) is 3. The van der Waals surface area contributed by atoms with Crippen molar-refractivity contribution in [2.24, 2.45) is 0 Å². The van der Waals surface area contributed by atoms with Gasteiger partial charge in [-0.2, -0.15) is 0 Å². The van der Waals surface area contributed by atoms with Gasteiger partial charge in [-0.3, -0.25) is 9.69 Å². The number of para-hydroxylation sites is 1. The lowest BCUT2D eigenvalue weighted by atomic mass is 10.1. The van der Waals surface area contributed by atoms with Gasteiger partial charge in [0.15, 0.2) is 6.61 Å². The van der Waals surface area contributed by atoms with Gasteiger partial charge in [-0.05, 0) is 19.2 Å². The van der Waals surface area contributed by atoms with E-state index in [1.807, 2.05) is 30.1 Å². The quantitative estimate of drug-likeness (QED) is 0.778. The largest absolute Gasteiger partial charge is 0.484 e. The van der Waals surface area contributed by atoms with Crippen molar-refractivity contribution in [2.75, 3.05) is 46.9 Å². The molecule has 0 saturated carbocycles. The second-order valence-corrected chi connectivity index (χ2v) is 7.14. The fourth-order valence-corrected chi connectivity index (χ4v) is 3.59. The number of hydrogen-bond acceptors (Lipinski definition) is 4. The molecule has 0 unspecified atom stereocenters. The third-order valence-corrected chi connectivity index (χ3v) is 4.95. The molecule has 138 valence electrons. The molecule has 2 saturated heterocycles. The molecular formula is C18H25F2N3O2. The second kappa shape index (κ2) is 7.25. The highest BCUT2D eigenvalue weighted by molar-refractivity contribution is 5.77. The topological polar surface area (TPSA) is 36.0 Å². The molecule has 0 aromatic heterocycles. The maximum atomic E-state index is 13.9. The minimum atomic E-state index is -2.68. The van der Waals surface area contributed by atoms with Crippen molar-refractivity contribution in [3.63, 3.8) is 0 Å². The molecule has 1 aromatic rings. The lowest BCUT2D eigenvalue weighted by Gasteiger charge is -2.44. The molecule has 1 amide bonds. The van der Waals surface area contributed by atoms with Crippen LogP contribution < -0.4 is 4.74 Å². The molecule has 3 rings (SSSR count). The van der Waals surface area contributed by atoms with Gasteiger partial charge in [0.05, 0.1) is 6.54 Å². The molecule has 0 N–H and O–H groups in total. The number of alkyl halides is 2. The molecule has 25 heavy (non-hydrogen) atoms. The third-order valence-electron chi connectivity index (χ3n) is 4.95. The van der Waals surface area contributed by atoms with E-state index < -0.39 is 5.92 Å². The summed E-state index contributed by atoms with van der Waals surface area (Å²) in [5, 5.41) is 0. The minimum absolute atomic E-state index is 0.0875. The lowest BCUT2D eigenvalue weighted by molar-refractivity contribution is -0.133. The van der Waals surface area contributed by atoms with Gasteiger partial charge >= 0.3 is 0 Å². The molecule has 0 aliphatic carbocycles. The average Bonchev–Trinajstić information content (AvgIpc) is 2.84. The molecule has 1 aromatic carbocycles. The smallest absolute Gasteiger partial charge is 0.262 e. The molecule has 2 aliphatic heterocycles. The van der Waals surface area contributed by atoms with E-state index in [-0.39, 0.29) is 37.6 Å². The van der Waals surface area contributed by atoms with Crippen LogP contribution in [0.4, 0.5) is 8.78 Å². The van der Waals surface area contributed by atoms with Crippen molar-refractivity contribution in [1.29, 1.82) is 0 Å². The maximum Gasteiger partial charge on any atom is 0.262 e. The van der Waals surface area contributed by atoms with Gasteiger partial charge in [0.2, 0.25) is 0 Å². The molecule has 7 heteroatoms. The van der Waals surface area contributed by atoms with Crippen LogP contribution in [0, 0.1) is 0 Å². The summed E-state index contributed by atoms with van der Waals surface area (Å²) in [5.41, 5.74) is 0. The molecular weight excluding hydrogens is 328 g/mol. The number of carbonyl (C=O) groups excluding carboxylic acids is 1. The monoisotopic (exact) mass is 353 g/mol. The van der Waals surface area contributed by atoms with Crippen molar-refractivity contribution < 1.29 is 18.3 Å². The van der Waals surface area contributed by atoms with E-state index in [1.165, 1.54) is 4.90 Å². The summed E-state index contributed by atoms with van der Waals surface area (Å²) in [7, 11) is 3.63. The zero-order valence-electron chi connectivity index (χ0n) is 14.7. The van der Waals surface area contributed by atoms with Gasteiger partial charge in [0, 0.05) is 45.2 Å². The van der Waals surface area contributed by atoms with Crippen molar-refractivity contribution in [3.05, 3.63) is 30.3 Å². The van der Waals surface area contributed by atoms with Crippen molar-refractivity contribution in [1.82, 2.24) is 14.7 Å². The van der Waals surface area contributed by atoms with E-state index >= 15 is 0 Å². The Balaban J connectivity index is 1.53. The number of carbonyl (C=O) groups is 1. The highest BCUT2D eigenvalue weighted by atomic mass is 19.3. The molecule has 5 nitrogen and oxygen atoms in total. The fourth-order valence-electron chi connectivity index (χ4n) is 3.59. The first-order valence-corrected chi connectivity index (χ1v) is 8.58. The normalized spacial score (nSPS) is 24.1. The molecule has 0 spiro atoms. The van der Waals surface area contributed by atoms with E-state index in [0.29, 0.717) is 12.3 Å². The fraction of sp³-hybridized carbons (Fsp3) is 0.611. The number of ether oxygens (including phenoxy) is 1. The average molecular weight is 353 g/mol. The highest BCUT2D eigenvalue weighted by Crippen LogP contribution is 2.35. The molecule has 1 atom stereocenters. The van der Waals surface area contributed by atoms with Crippen LogP contribution in [-0.2, 0) is 4.79 Å². The van der Waals surface area contributed by atoms with Gasteiger partial charge in [-0.1, -0.05) is 18.2 Å². The summed E-state index contributed by atoms with van der Waals surface area (Å²) in [4.78, 5) is 17.8. The summed E-state index contributed by atoms with van der Waals surface area (Å²) in [6.45, 7) is 1.62. The first-order chi connectivity index (χ1) is 11.8. The number of halogens is 2. The number of amides is 1. The number of hydrogen-bond donors (Lipinski definition) is 0. The minimum Gasteiger partial charge on any atom is -0.484 e. The van der Waals surface area contributed by atoms with E-state index in [0.717, 1.165) is 13.1 Å². The van der Waals surface area contributed by atoms with Crippen LogP contribution in [0.2, 0.25) is 0 Å². The van der Waals surface area contributed by atoms with Crippen LogP contribution in [0.25, 0.3) is 0 Å². The van der Waals surface area contributed by atoms with Gasteiger partial charge in [-0.25, -0.2) is 8.78 Å². The number of likely N-dealkylation sites (N-methyl/N-ethyl adjacent to an activating group) is 2. The zero-order valence-corrected chi connectivity index (χ0v) is 14.7. The predicted molar refractivity (Wildman–Crippen MR) is 90.9 cm³/mol. The highest BCUT2D eigenvalue weighted by Gasteiger charge is 2.49. The van der Waals surface area contributed by atoms with Crippen molar-refractivity contribution in [2.45, 2.75) is 24.4 Å². The van der Waals surface area contributed by atoms with Crippen LogP contribution >= 0.6 is 0 Å². The second-order valence-electron chi connectivity index (χ2n) is 7.14. The molecule has 0 bridgehead atoms. The maximum absolute atomic E-state index is 13.9. The Kier molecular flexibility index (Phi) is 5.24. The number of benzene rings is 1. The molecule has 2 fully saturated rings. The van der Waals surface area contributed by atoms with Crippen LogP contribution in [0.15, 0.2) is 30.3 Å². The summed E-state index contributed by atoms with van der Waals surface area (Å²) < 4.78 is 33.3. The third kappa shape index (κ3) is 4.46. The van der Waals surface area contributed by atoms with Gasteiger partial charge in [0.1, 0.15) is 5.75 Å². The summed E-state index contributed by atoms with van der Waals surface area (Å²) in [5.74, 6) is -2.26. The SMILES string of the molecule is CN1CC(N2CC(F)(F)C[C@H]2CN(C)C(=O)COc2ccccc2)C1. The predicted octanol–water partition coefficient (Wildman–Crippen LogP) is 1.55. The first kappa shape index (κ1) is 18.1. The summed E-state index contributed by atoms with van der Waals surface area (Å²) in [6, 6.07) is 8.94. The Hall–Kier alpha value is -1.73. The molecule has 2 heterocycles. The first-order valence-electron chi connectivity index (χ1n) is 8.58. The Bertz CT molecular complexity index is 593. The van der Waals surface area contributed by atoms with Crippen LogP contribution in [0.3, 0.4) is 0 Å². The Morgan fingerprint density at radius 1 is 1.32 bits per heavy atom. The van der Waals surface area contributed by atoms with E-state index in [1.54, 1.807) is 19.2 Å². The van der Waals surface area contributed by atoms with Gasteiger partial charge < -0.3 is 14.5 Å². The lowest BCUT2D eigenvalue weighted by Crippen LogP contribution is -2.60. The standard InChI is InChI=1S/C18H25F2N3O2/c1-21-9-15(10-21)23-13-18(19,20)8-14(23)11-22(2)17(24)12-25-16-6-4-3-5-7-16/h3-7,14-15H,8-13H2,1-2H3/t14-/m0/s1. The number of likely N-dealkylation sites (tertiary alicyclic amines) is 2. The van der Waals surface area contributed by atoms with E-state index in [9.17, 15) is 13.6 Å². The van der Waals surface area contributed by atoms with Crippen molar-refractivity contribution in [3.8, 4) is 5.75 Å². The molecule has 2 aliphatic rings. The van der Waals surface area contributed by atoms with Gasteiger partial charge in [0.25, 0.3) is 11.8 Å². The summed E-state index contributed by atoms with van der Waals surface area (Å²) in [6.07, 6.45) is -0.190. The zero-order chi connectivity index (χ0) is 18.0. The van der Waals surface area contributed by atoms with Crippen molar-refractivity contribution >= 4 is 5.91 Å². The van der Waals surface area contributed by atoms with Crippen LogP contribution in [0.5, 0.6) is 5.75 Å². The van der Waals surface area contributed by atoms with E-state index in [4.69, 9.17) is 4.74 Å². The Morgan fingerprint density at radius 3 is 2.64 bits per heavy atom. The number of rotatable bonds is 6. The van der Waals surface area contributed by atoms with E-state index in [2.05, 4.69) is 4.90 Å². The Morgan fingerprint density at radius 2 is 2.00 bits per heavy atom. The van der Waals surface area contributed by atoms with Crippen LogP contribution in [0.1, 0.15) is 6.42 Å². The Labute approximate surface area is 147 Å². The summed E-state index contributed by atoms with van der Waals surface area (Å²) >= 11 is 0.